The maximum Gasteiger partial charge on any atom is 0.165 e. The number of nitrogens with zero attached hydrogens (tertiary/aromatic N) is 1. The lowest BCUT2D eigenvalue weighted by Crippen LogP contribution is -2.15. The second-order valence-electron chi connectivity index (χ2n) is 7.14. The summed E-state index contributed by atoms with van der Waals surface area (Å²) in [4.78, 5) is 4.34. The number of nitrogens with one attached hydrogen (secondary N) is 2. The number of para-hydroxylation sites is 1. The molecule has 0 amide bonds. The largest absolute Gasteiger partial charge is 0.493 e. The maximum absolute atomic E-state index is 14.6. The molecule has 1 unspecified atom stereocenters. The van der Waals surface area contributed by atoms with Crippen molar-refractivity contribution in [1.82, 2.24) is 0 Å². The third-order valence-electron chi connectivity index (χ3n) is 4.47. The molecular formula is C22H25FN4O2S. The molecule has 8 heteroatoms. The van der Waals surface area contributed by atoms with Crippen LogP contribution >= 0.6 is 0 Å². The lowest BCUT2D eigenvalue weighted by Gasteiger charge is -2.21. The van der Waals surface area contributed by atoms with Gasteiger partial charge in [-0.05, 0) is 42.2 Å². The van der Waals surface area contributed by atoms with E-state index in [2.05, 4.69) is 16.9 Å². The number of aryl methyl sites for hydroxylation is 1. The van der Waals surface area contributed by atoms with Crippen LogP contribution in [0.4, 0.5) is 10.1 Å². The van der Waals surface area contributed by atoms with E-state index in [0.717, 1.165) is 30.2 Å². The number of rotatable bonds is 7. The zero-order valence-corrected chi connectivity index (χ0v) is 17.6. The van der Waals surface area contributed by atoms with E-state index in [1.807, 2.05) is 12.1 Å². The first-order valence-electron chi connectivity index (χ1n) is 9.44. The molecule has 30 heavy (non-hydrogen) atoms. The number of fused-ring (bicyclic) bond motifs is 1. The van der Waals surface area contributed by atoms with Gasteiger partial charge >= 0.3 is 0 Å². The summed E-state index contributed by atoms with van der Waals surface area (Å²) in [5.41, 5.74) is 8.39. The van der Waals surface area contributed by atoms with Crippen molar-refractivity contribution in [3.05, 3.63) is 83.6 Å². The molecule has 6 nitrogen and oxygen atoms in total. The Morgan fingerprint density at radius 3 is 2.90 bits per heavy atom. The molecule has 2 aromatic rings. The van der Waals surface area contributed by atoms with E-state index < -0.39 is 15.6 Å². The van der Waals surface area contributed by atoms with Crippen LogP contribution in [-0.2, 0) is 21.9 Å². The number of allylic oxidation sites excluding steroid dienone is 1. The maximum atomic E-state index is 14.6. The Labute approximate surface area is 176 Å². The average Bonchev–Trinajstić information content (AvgIpc) is 2.70. The van der Waals surface area contributed by atoms with E-state index in [4.69, 9.17) is 15.3 Å². The van der Waals surface area contributed by atoms with Gasteiger partial charge in [-0.25, -0.2) is 13.6 Å². The molecule has 2 aromatic carbocycles. The van der Waals surface area contributed by atoms with Gasteiger partial charge in [-0.1, -0.05) is 30.8 Å². The average molecular weight is 429 g/mol. The molecule has 0 aromatic heterocycles. The summed E-state index contributed by atoms with van der Waals surface area (Å²) in [6, 6.07) is 12.7. The van der Waals surface area contributed by atoms with Crippen molar-refractivity contribution in [1.29, 1.82) is 4.78 Å². The lowest BCUT2D eigenvalue weighted by atomic mass is 9.99. The molecule has 0 saturated carbocycles. The van der Waals surface area contributed by atoms with Crippen molar-refractivity contribution >= 4 is 21.1 Å². The molecule has 158 valence electrons. The number of ether oxygens (including phenoxy) is 1. The van der Waals surface area contributed by atoms with Crippen LogP contribution in [0.25, 0.3) is 0 Å². The first-order chi connectivity index (χ1) is 14.3. The minimum atomic E-state index is -2.66. The monoisotopic (exact) mass is 428 g/mol. The minimum Gasteiger partial charge on any atom is -0.493 e. The van der Waals surface area contributed by atoms with Gasteiger partial charge in [0, 0.05) is 33.4 Å². The van der Waals surface area contributed by atoms with Crippen LogP contribution in [0.15, 0.2) is 71.9 Å². The Kier molecular flexibility index (Phi) is 6.56. The highest BCUT2D eigenvalue weighted by atomic mass is 32.2. The van der Waals surface area contributed by atoms with Crippen molar-refractivity contribution in [3.8, 4) is 5.75 Å². The number of halogens is 1. The number of aliphatic imine (C=N–C) groups is 1. The molecule has 0 fully saturated rings. The van der Waals surface area contributed by atoms with E-state index in [1.165, 1.54) is 6.26 Å². The van der Waals surface area contributed by atoms with Crippen LogP contribution in [0, 0.1) is 4.78 Å². The molecule has 1 aliphatic heterocycles. The molecule has 3 rings (SSSR count). The topological polar surface area (TPSA) is 101 Å². The van der Waals surface area contributed by atoms with Crippen molar-refractivity contribution in [2.75, 3.05) is 18.2 Å². The van der Waals surface area contributed by atoms with Crippen LogP contribution in [0.5, 0.6) is 5.75 Å². The standard InChI is InChI=1S/C22H25FN4O2S/c1-15(26-18-9-3-6-16(12-18)14-30(2,25)28)27-21(20(23)13-24)19-10-4-7-17-8-5-11-29-22(17)19/h3-4,6-7,9-10,12-13,25-26H,1,5,8,11,14,24H2,2H3/b20-13+,27-21-. The Hall–Kier alpha value is -3.13. The predicted octanol–water partition coefficient (Wildman–Crippen LogP) is 4.33. The highest BCUT2D eigenvalue weighted by Crippen LogP contribution is 2.31. The quantitative estimate of drug-likeness (QED) is 0.572. The molecule has 0 radical (unpaired) electrons. The van der Waals surface area contributed by atoms with Crippen molar-refractivity contribution in [2.45, 2.75) is 18.6 Å². The second kappa shape index (κ2) is 9.13. The molecular weight excluding hydrogens is 403 g/mol. The second-order valence-corrected chi connectivity index (χ2v) is 9.44. The van der Waals surface area contributed by atoms with E-state index in [9.17, 15) is 8.60 Å². The third kappa shape index (κ3) is 5.48. The molecule has 0 saturated heterocycles. The summed E-state index contributed by atoms with van der Waals surface area (Å²) in [5, 5.41) is 3.02. The van der Waals surface area contributed by atoms with Gasteiger partial charge in [-0.2, -0.15) is 0 Å². The summed E-state index contributed by atoms with van der Waals surface area (Å²) >= 11 is 0. The molecule has 4 N–H and O–H groups in total. The predicted molar refractivity (Wildman–Crippen MR) is 120 cm³/mol. The minimum absolute atomic E-state index is 0.0349. The smallest absolute Gasteiger partial charge is 0.165 e. The van der Waals surface area contributed by atoms with Crippen molar-refractivity contribution in [2.24, 2.45) is 10.7 Å². The molecule has 0 bridgehead atoms. The molecule has 1 atom stereocenters. The number of hydrogen-bond acceptors (Lipinski definition) is 6. The van der Waals surface area contributed by atoms with E-state index >= 15 is 0 Å². The third-order valence-corrected chi connectivity index (χ3v) is 5.35. The van der Waals surface area contributed by atoms with Gasteiger partial charge in [0.05, 0.1) is 12.4 Å². The Morgan fingerprint density at radius 2 is 2.17 bits per heavy atom. The first-order valence-corrected chi connectivity index (χ1v) is 11.6. The fraction of sp³-hybridized carbons (Fsp3) is 0.227. The summed E-state index contributed by atoms with van der Waals surface area (Å²) in [7, 11) is -2.66. The molecule has 0 aliphatic carbocycles. The summed E-state index contributed by atoms with van der Waals surface area (Å²) in [5.74, 6) is 0.272. The van der Waals surface area contributed by atoms with Gasteiger partial charge in [-0.3, -0.25) is 4.78 Å². The fourth-order valence-electron chi connectivity index (χ4n) is 3.28. The summed E-state index contributed by atoms with van der Waals surface area (Å²) in [6.07, 6.45) is 4.02. The van der Waals surface area contributed by atoms with E-state index in [0.29, 0.717) is 23.6 Å². The first kappa shape index (κ1) is 21.6. The van der Waals surface area contributed by atoms with Crippen LogP contribution < -0.4 is 15.8 Å². The van der Waals surface area contributed by atoms with Gasteiger partial charge in [-0.15, -0.1) is 0 Å². The van der Waals surface area contributed by atoms with Crippen LogP contribution in [0.1, 0.15) is 23.1 Å². The lowest BCUT2D eigenvalue weighted by molar-refractivity contribution is 0.288. The van der Waals surface area contributed by atoms with Crippen molar-refractivity contribution in [3.63, 3.8) is 0 Å². The number of nitrogens with two attached hydrogens (primary N) is 1. The zero-order chi connectivity index (χ0) is 21.7. The Balaban J connectivity index is 1.91. The fourth-order valence-corrected chi connectivity index (χ4v) is 4.10. The SMILES string of the molecule is C=C(/N=C(\C(F)=C/N)c1cccc2c1OCCC2)Nc1cccc(CS(C)(=N)=O)c1. The van der Waals surface area contributed by atoms with Crippen LogP contribution in [-0.4, -0.2) is 22.8 Å². The number of anilines is 1. The van der Waals surface area contributed by atoms with Crippen LogP contribution in [0.3, 0.4) is 0 Å². The summed E-state index contributed by atoms with van der Waals surface area (Å²) < 4.78 is 39.8. The van der Waals surface area contributed by atoms with Gasteiger partial charge < -0.3 is 15.8 Å². The molecule has 1 heterocycles. The molecule has 0 spiro atoms. The highest BCUT2D eigenvalue weighted by Gasteiger charge is 2.20. The van der Waals surface area contributed by atoms with E-state index in [1.54, 1.807) is 30.3 Å². The highest BCUT2D eigenvalue weighted by molar-refractivity contribution is 7.90. The van der Waals surface area contributed by atoms with Crippen molar-refractivity contribution < 1.29 is 13.3 Å². The van der Waals surface area contributed by atoms with Gasteiger partial charge in [0.2, 0.25) is 0 Å². The Bertz CT molecular complexity index is 1120. The number of benzene rings is 2. The van der Waals surface area contributed by atoms with Crippen LogP contribution in [0.2, 0.25) is 0 Å². The normalized spacial score (nSPS) is 16.2. The van der Waals surface area contributed by atoms with Gasteiger partial charge in [0.1, 0.15) is 17.3 Å². The van der Waals surface area contributed by atoms with Gasteiger partial charge in [0.15, 0.2) is 5.83 Å². The summed E-state index contributed by atoms with van der Waals surface area (Å²) in [6.45, 7) is 4.44. The zero-order valence-electron chi connectivity index (χ0n) is 16.8. The Morgan fingerprint density at radius 1 is 1.40 bits per heavy atom. The number of hydrogen-bond donors (Lipinski definition) is 3. The van der Waals surface area contributed by atoms with E-state index in [-0.39, 0.29) is 17.3 Å². The van der Waals surface area contributed by atoms with Gasteiger partial charge in [0.25, 0.3) is 0 Å². The molecule has 1 aliphatic rings.